The number of rotatable bonds is 13. The van der Waals surface area contributed by atoms with E-state index in [1.165, 1.54) is 31.2 Å². The third-order valence-electron chi connectivity index (χ3n) is 5.47. The maximum atomic E-state index is 6.15. The molecule has 3 rings (SSSR count). The van der Waals surface area contributed by atoms with Gasteiger partial charge in [0.25, 0.3) is 0 Å². The molecule has 0 spiro atoms. The highest BCUT2D eigenvalue weighted by Gasteiger charge is 2.18. The summed E-state index contributed by atoms with van der Waals surface area (Å²) in [5, 5.41) is 3.55. The Bertz CT molecular complexity index is 554. The van der Waals surface area contributed by atoms with E-state index in [1.807, 2.05) is 12.1 Å². The Morgan fingerprint density at radius 1 is 0.964 bits per heavy atom. The van der Waals surface area contributed by atoms with Crippen LogP contribution >= 0.6 is 0 Å². The highest BCUT2D eigenvalue weighted by Crippen LogP contribution is 2.27. The van der Waals surface area contributed by atoms with Gasteiger partial charge in [0.05, 0.1) is 12.2 Å². The van der Waals surface area contributed by atoms with Crippen molar-refractivity contribution < 1.29 is 18.9 Å². The highest BCUT2D eigenvalue weighted by molar-refractivity contribution is 5.40. The zero-order chi connectivity index (χ0) is 19.4. The van der Waals surface area contributed by atoms with Gasteiger partial charge in [-0.2, -0.15) is 0 Å². The SMILES string of the molecule is CCCCCCNCc1ccc(OCC2CCCO2)cc1OCC1CCCO1. The molecule has 2 atom stereocenters. The first-order valence-corrected chi connectivity index (χ1v) is 11.2. The number of unbranched alkanes of at least 4 members (excludes halogenated alkanes) is 3. The van der Waals surface area contributed by atoms with E-state index in [2.05, 4.69) is 18.3 Å². The molecule has 2 unspecified atom stereocenters. The molecule has 2 fully saturated rings. The smallest absolute Gasteiger partial charge is 0.127 e. The second kappa shape index (κ2) is 12.3. The maximum absolute atomic E-state index is 6.15. The number of hydrogen-bond acceptors (Lipinski definition) is 5. The summed E-state index contributed by atoms with van der Waals surface area (Å²) in [4.78, 5) is 0. The van der Waals surface area contributed by atoms with E-state index in [0.29, 0.717) is 13.2 Å². The monoisotopic (exact) mass is 391 g/mol. The van der Waals surface area contributed by atoms with Gasteiger partial charge in [-0.05, 0) is 44.7 Å². The molecule has 2 saturated heterocycles. The van der Waals surface area contributed by atoms with Gasteiger partial charge in [0.15, 0.2) is 0 Å². The fourth-order valence-electron chi connectivity index (χ4n) is 3.73. The van der Waals surface area contributed by atoms with E-state index >= 15 is 0 Å². The van der Waals surface area contributed by atoms with Gasteiger partial charge >= 0.3 is 0 Å². The molecule has 0 bridgehead atoms. The van der Waals surface area contributed by atoms with Crippen molar-refractivity contribution in [3.8, 4) is 11.5 Å². The predicted molar refractivity (Wildman–Crippen MR) is 111 cm³/mol. The molecule has 2 aliphatic heterocycles. The Kier molecular flexibility index (Phi) is 9.41. The largest absolute Gasteiger partial charge is 0.491 e. The summed E-state index contributed by atoms with van der Waals surface area (Å²) in [5.41, 5.74) is 1.18. The van der Waals surface area contributed by atoms with Gasteiger partial charge in [0.2, 0.25) is 0 Å². The summed E-state index contributed by atoms with van der Waals surface area (Å²) < 4.78 is 23.5. The van der Waals surface area contributed by atoms with E-state index in [4.69, 9.17) is 18.9 Å². The van der Waals surface area contributed by atoms with Crippen LogP contribution in [0.25, 0.3) is 0 Å². The zero-order valence-electron chi connectivity index (χ0n) is 17.4. The van der Waals surface area contributed by atoms with Crippen molar-refractivity contribution in [1.82, 2.24) is 5.32 Å². The van der Waals surface area contributed by atoms with E-state index in [-0.39, 0.29) is 12.2 Å². The van der Waals surface area contributed by atoms with Crippen molar-refractivity contribution in [2.45, 2.75) is 77.0 Å². The van der Waals surface area contributed by atoms with Crippen molar-refractivity contribution in [1.29, 1.82) is 0 Å². The molecule has 1 N–H and O–H groups in total. The zero-order valence-corrected chi connectivity index (χ0v) is 17.4. The van der Waals surface area contributed by atoms with Crippen LogP contribution in [0.5, 0.6) is 11.5 Å². The van der Waals surface area contributed by atoms with Crippen molar-refractivity contribution >= 4 is 0 Å². The summed E-state index contributed by atoms with van der Waals surface area (Å²) in [6.07, 6.45) is 9.97. The minimum Gasteiger partial charge on any atom is -0.491 e. The van der Waals surface area contributed by atoms with Crippen molar-refractivity contribution in [2.24, 2.45) is 0 Å². The van der Waals surface area contributed by atoms with Gasteiger partial charge in [-0.25, -0.2) is 0 Å². The lowest BCUT2D eigenvalue weighted by atomic mass is 10.1. The van der Waals surface area contributed by atoms with Crippen LogP contribution in [0, 0.1) is 0 Å². The van der Waals surface area contributed by atoms with Crippen molar-refractivity contribution in [3.63, 3.8) is 0 Å². The lowest BCUT2D eigenvalue weighted by Gasteiger charge is -2.17. The van der Waals surface area contributed by atoms with E-state index in [9.17, 15) is 0 Å². The summed E-state index contributed by atoms with van der Waals surface area (Å²) >= 11 is 0. The van der Waals surface area contributed by atoms with Crippen LogP contribution in [0.4, 0.5) is 0 Å². The van der Waals surface area contributed by atoms with Crippen LogP contribution in [-0.2, 0) is 16.0 Å². The first-order valence-electron chi connectivity index (χ1n) is 11.2. The quantitative estimate of drug-likeness (QED) is 0.503. The van der Waals surface area contributed by atoms with E-state index in [1.54, 1.807) is 0 Å². The number of ether oxygens (including phenoxy) is 4. The number of hydrogen-bond donors (Lipinski definition) is 1. The minimum absolute atomic E-state index is 0.214. The number of benzene rings is 1. The normalized spacial score (nSPS) is 21.9. The third kappa shape index (κ3) is 7.26. The molecular formula is C23H37NO4. The van der Waals surface area contributed by atoms with Gasteiger partial charge in [-0.3, -0.25) is 0 Å². The van der Waals surface area contributed by atoms with E-state index in [0.717, 1.165) is 63.5 Å². The molecule has 0 saturated carbocycles. The Labute approximate surface area is 170 Å². The average molecular weight is 392 g/mol. The molecule has 0 aliphatic carbocycles. The Balaban J connectivity index is 1.52. The van der Waals surface area contributed by atoms with Gasteiger partial charge in [0, 0.05) is 31.4 Å². The predicted octanol–water partition coefficient (Wildman–Crippen LogP) is 4.47. The van der Waals surface area contributed by atoms with Crippen LogP contribution in [-0.4, -0.2) is 45.2 Å². The second-order valence-electron chi connectivity index (χ2n) is 7.90. The summed E-state index contributed by atoms with van der Waals surface area (Å²) in [6, 6.07) is 6.19. The topological polar surface area (TPSA) is 49.0 Å². The van der Waals surface area contributed by atoms with Crippen LogP contribution in [0.15, 0.2) is 18.2 Å². The Morgan fingerprint density at radius 3 is 2.39 bits per heavy atom. The molecule has 0 aromatic heterocycles. The molecule has 1 aromatic carbocycles. The Hall–Kier alpha value is -1.30. The highest BCUT2D eigenvalue weighted by atomic mass is 16.5. The minimum atomic E-state index is 0.214. The molecule has 0 radical (unpaired) electrons. The van der Waals surface area contributed by atoms with E-state index < -0.39 is 0 Å². The average Bonchev–Trinajstić information content (AvgIpc) is 3.42. The summed E-state index contributed by atoms with van der Waals surface area (Å²) in [5.74, 6) is 1.76. The first-order chi connectivity index (χ1) is 13.8. The van der Waals surface area contributed by atoms with Gasteiger partial charge in [0.1, 0.15) is 24.7 Å². The van der Waals surface area contributed by atoms with Crippen molar-refractivity contribution in [3.05, 3.63) is 23.8 Å². The van der Waals surface area contributed by atoms with Crippen molar-refractivity contribution in [2.75, 3.05) is 33.0 Å². The molecule has 2 aliphatic rings. The van der Waals surface area contributed by atoms with Gasteiger partial charge < -0.3 is 24.3 Å². The molecule has 28 heavy (non-hydrogen) atoms. The lowest BCUT2D eigenvalue weighted by molar-refractivity contribution is 0.0652. The van der Waals surface area contributed by atoms with Crippen LogP contribution in [0.3, 0.4) is 0 Å². The third-order valence-corrected chi connectivity index (χ3v) is 5.47. The standard InChI is InChI=1S/C23H37NO4/c1-2-3-4-5-12-24-16-19-10-11-20(27-17-21-8-6-13-25-21)15-23(19)28-18-22-9-7-14-26-22/h10-11,15,21-22,24H,2-9,12-14,16-18H2,1H3. The Morgan fingerprint density at radius 2 is 1.71 bits per heavy atom. The first kappa shape index (κ1) is 21.4. The molecule has 2 heterocycles. The molecule has 1 aromatic rings. The van der Waals surface area contributed by atoms with Crippen LogP contribution in [0.2, 0.25) is 0 Å². The maximum Gasteiger partial charge on any atom is 0.127 e. The lowest BCUT2D eigenvalue weighted by Crippen LogP contribution is -2.19. The summed E-state index contributed by atoms with van der Waals surface area (Å²) in [6.45, 7) is 7.03. The van der Waals surface area contributed by atoms with Crippen LogP contribution < -0.4 is 14.8 Å². The number of nitrogens with one attached hydrogen (secondary N) is 1. The molecule has 5 nitrogen and oxygen atoms in total. The van der Waals surface area contributed by atoms with Gasteiger partial charge in [-0.1, -0.05) is 32.3 Å². The molecule has 5 heteroatoms. The van der Waals surface area contributed by atoms with Crippen LogP contribution in [0.1, 0.15) is 63.9 Å². The summed E-state index contributed by atoms with van der Waals surface area (Å²) in [7, 11) is 0. The molecular weight excluding hydrogens is 354 g/mol. The fourth-order valence-corrected chi connectivity index (χ4v) is 3.73. The molecule has 0 amide bonds. The molecule has 158 valence electrons. The fraction of sp³-hybridized carbons (Fsp3) is 0.739. The van der Waals surface area contributed by atoms with Gasteiger partial charge in [-0.15, -0.1) is 0 Å². The second-order valence-corrected chi connectivity index (χ2v) is 7.90.